The minimum atomic E-state index is -0.626. The number of hydrogen-bond acceptors (Lipinski definition) is 2. The number of anilines is 1. The third kappa shape index (κ3) is 2.80. The maximum atomic E-state index is 13.9. The summed E-state index contributed by atoms with van der Waals surface area (Å²) in [5, 5.41) is 10.1. The smallest absolute Gasteiger partial charge is 0.126 e. The Morgan fingerprint density at radius 3 is 2.67 bits per heavy atom. The molecule has 1 aromatic rings. The van der Waals surface area contributed by atoms with Gasteiger partial charge < -0.3 is 10.0 Å². The summed E-state index contributed by atoms with van der Waals surface area (Å²) in [6, 6.07) is 4.05. The summed E-state index contributed by atoms with van der Waals surface area (Å²) in [5.74, 6) is 0.562. The summed E-state index contributed by atoms with van der Waals surface area (Å²) >= 11 is 0. The van der Waals surface area contributed by atoms with Crippen LogP contribution in [0.1, 0.15) is 62.7 Å². The largest absolute Gasteiger partial charge is 0.389 e. The van der Waals surface area contributed by atoms with E-state index in [1.807, 2.05) is 13.0 Å². The highest BCUT2D eigenvalue weighted by Crippen LogP contribution is 2.40. The van der Waals surface area contributed by atoms with E-state index in [4.69, 9.17) is 0 Å². The van der Waals surface area contributed by atoms with E-state index in [1.54, 1.807) is 6.92 Å². The first-order valence-corrected chi connectivity index (χ1v) is 8.32. The van der Waals surface area contributed by atoms with Crippen LogP contribution in [0.15, 0.2) is 12.1 Å². The fraction of sp³-hybridized carbons (Fsp3) is 0.667. The van der Waals surface area contributed by atoms with Gasteiger partial charge in [-0.15, -0.1) is 0 Å². The molecule has 0 radical (unpaired) electrons. The second-order valence-electron chi connectivity index (χ2n) is 6.78. The number of hydrogen-bond donors (Lipinski definition) is 1. The van der Waals surface area contributed by atoms with Crippen LogP contribution in [0.4, 0.5) is 10.1 Å². The van der Waals surface area contributed by atoms with Gasteiger partial charge in [0.05, 0.1) is 6.10 Å². The lowest BCUT2D eigenvalue weighted by Crippen LogP contribution is -2.47. The monoisotopic (exact) mass is 291 g/mol. The number of aliphatic hydroxyl groups excluding tert-OH is 1. The number of piperidine rings is 1. The Kier molecular flexibility index (Phi) is 4.21. The van der Waals surface area contributed by atoms with Crippen molar-refractivity contribution in [3.05, 3.63) is 29.1 Å². The van der Waals surface area contributed by atoms with Crippen LogP contribution in [0.5, 0.6) is 0 Å². The normalized spacial score (nSPS) is 27.3. The number of rotatable bonds is 2. The highest BCUT2D eigenvalue weighted by molar-refractivity contribution is 5.58. The van der Waals surface area contributed by atoms with Crippen LogP contribution in [0.3, 0.4) is 0 Å². The van der Waals surface area contributed by atoms with Gasteiger partial charge in [0.25, 0.3) is 0 Å². The molecule has 3 heteroatoms. The van der Waals surface area contributed by atoms with Crippen LogP contribution < -0.4 is 4.90 Å². The van der Waals surface area contributed by atoms with Gasteiger partial charge >= 0.3 is 0 Å². The predicted molar refractivity (Wildman–Crippen MR) is 84.1 cm³/mol. The zero-order valence-electron chi connectivity index (χ0n) is 13.1. The lowest BCUT2D eigenvalue weighted by atomic mass is 9.78. The first-order valence-electron chi connectivity index (χ1n) is 8.32. The highest BCUT2D eigenvalue weighted by atomic mass is 19.1. The zero-order chi connectivity index (χ0) is 15.0. The standard InChI is InChI=1S/C18H26FNO/c1-12-10-18(15(13(2)21)11-16(12)19)20-9-5-7-14-6-3-4-8-17(14)20/h10-11,13-14,17,21H,3-9H2,1-2H3/t13-,14-,17-/m1/s1. The Hall–Kier alpha value is -1.09. The molecule has 2 aliphatic rings. The van der Waals surface area contributed by atoms with Gasteiger partial charge in [-0.25, -0.2) is 4.39 Å². The van der Waals surface area contributed by atoms with Crippen LogP contribution in [0, 0.1) is 18.7 Å². The molecule has 116 valence electrons. The fourth-order valence-electron chi connectivity index (χ4n) is 4.19. The van der Waals surface area contributed by atoms with E-state index in [2.05, 4.69) is 4.90 Å². The number of benzene rings is 1. The third-order valence-electron chi connectivity index (χ3n) is 5.31. The summed E-state index contributed by atoms with van der Waals surface area (Å²) < 4.78 is 13.9. The topological polar surface area (TPSA) is 23.5 Å². The minimum absolute atomic E-state index is 0.216. The van der Waals surface area contributed by atoms with E-state index in [0.717, 1.165) is 23.7 Å². The number of nitrogens with zero attached hydrogens (tertiary/aromatic N) is 1. The van der Waals surface area contributed by atoms with Crippen molar-refractivity contribution in [3.63, 3.8) is 0 Å². The van der Waals surface area contributed by atoms with Crippen molar-refractivity contribution >= 4 is 5.69 Å². The summed E-state index contributed by atoms with van der Waals surface area (Å²) in [4.78, 5) is 2.46. The minimum Gasteiger partial charge on any atom is -0.389 e. The molecule has 1 saturated carbocycles. The zero-order valence-corrected chi connectivity index (χ0v) is 13.1. The third-order valence-corrected chi connectivity index (χ3v) is 5.31. The SMILES string of the molecule is Cc1cc(N2CCC[C@H]3CCCC[C@H]32)c([C@@H](C)O)cc1F. The van der Waals surface area contributed by atoms with E-state index in [0.29, 0.717) is 11.6 Å². The average Bonchev–Trinajstić information content (AvgIpc) is 2.49. The predicted octanol–water partition coefficient (Wildman–Crippen LogP) is 4.35. The highest BCUT2D eigenvalue weighted by Gasteiger charge is 2.34. The molecule has 3 rings (SSSR count). The van der Waals surface area contributed by atoms with E-state index >= 15 is 0 Å². The Morgan fingerprint density at radius 1 is 1.19 bits per heavy atom. The number of halogens is 1. The van der Waals surface area contributed by atoms with Crippen LogP contribution >= 0.6 is 0 Å². The average molecular weight is 291 g/mol. The van der Waals surface area contributed by atoms with Crippen LogP contribution in [-0.4, -0.2) is 17.7 Å². The van der Waals surface area contributed by atoms with Crippen molar-refractivity contribution in [1.82, 2.24) is 0 Å². The van der Waals surface area contributed by atoms with Gasteiger partial charge in [-0.3, -0.25) is 0 Å². The molecule has 0 aromatic heterocycles. The molecule has 0 spiro atoms. The summed E-state index contributed by atoms with van der Waals surface area (Å²) in [5.41, 5.74) is 2.47. The quantitative estimate of drug-likeness (QED) is 0.876. The van der Waals surface area contributed by atoms with Crippen molar-refractivity contribution in [3.8, 4) is 0 Å². The van der Waals surface area contributed by atoms with Crippen molar-refractivity contribution in [1.29, 1.82) is 0 Å². The Bertz CT molecular complexity index is 512. The Labute approximate surface area is 127 Å². The molecular weight excluding hydrogens is 265 g/mol. The maximum Gasteiger partial charge on any atom is 0.126 e. The lowest BCUT2D eigenvalue weighted by Gasteiger charge is -2.46. The molecule has 1 N–H and O–H groups in total. The van der Waals surface area contributed by atoms with E-state index in [-0.39, 0.29) is 5.82 Å². The molecule has 1 aromatic carbocycles. The van der Waals surface area contributed by atoms with Gasteiger partial charge in [-0.05, 0) is 63.1 Å². The molecule has 2 nitrogen and oxygen atoms in total. The first kappa shape index (κ1) is 14.8. The van der Waals surface area contributed by atoms with Gasteiger partial charge in [-0.2, -0.15) is 0 Å². The second-order valence-corrected chi connectivity index (χ2v) is 6.78. The molecular formula is C18H26FNO. The molecule has 1 aliphatic carbocycles. The number of aryl methyl sites for hydroxylation is 1. The molecule has 0 amide bonds. The molecule has 0 unspecified atom stereocenters. The maximum absolute atomic E-state index is 13.9. The molecule has 1 saturated heterocycles. The molecule has 1 heterocycles. The van der Waals surface area contributed by atoms with Gasteiger partial charge in [0.15, 0.2) is 0 Å². The molecule has 0 bridgehead atoms. The van der Waals surface area contributed by atoms with Crippen molar-refractivity contribution in [2.45, 2.75) is 64.5 Å². The van der Waals surface area contributed by atoms with Crippen molar-refractivity contribution < 1.29 is 9.50 Å². The van der Waals surface area contributed by atoms with E-state index < -0.39 is 6.10 Å². The van der Waals surface area contributed by atoms with E-state index in [9.17, 15) is 9.50 Å². The van der Waals surface area contributed by atoms with Crippen LogP contribution in [-0.2, 0) is 0 Å². The Morgan fingerprint density at radius 2 is 1.90 bits per heavy atom. The van der Waals surface area contributed by atoms with Crippen molar-refractivity contribution in [2.24, 2.45) is 5.92 Å². The van der Waals surface area contributed by atoms with Crippen LogP contribution in [0.25, 0.3) is 0 Å². The van der Waals surface area contributed by atoms with Gasteiger partial charge in [0, 0.05) is 23.8 Å². The number of aliphatic hydroxyl groups is 1. The fourth-order valence-corrected chi connectivity index (χ4v) is 4.19. The molecule has 3 atom stereocenters. The number of fused-ring (bicyclic) bond motifs is 1. The summed E-state index contributed by atoms with van der Waals surface area (Å²) in [6.07, 6.45) is 7.11. The second kappa shape index (κ2) is 5.96. The van der Waals surface area contributed by atoms with Crippen molar-refractivity contribution in [2.75, 3.05) is 11.4 Å². The van der Waals surface area contributed by atoms with E-state index in [1.165, 1.54) is 44.6 Å². The first-order chi connectivity index (χ1) is 10.1. The van der Waals surface area contributed by atoms with Gasteiger partial charge in [0.1, 0.15) is 5.82 Å². The lowest BCUT2D eigenvalue weighted by molar-refractivity contribution is 0.197. The molecule has 21 heavy (non-hydrogen) atoms. The van der Waals surface area contributed by atoms with Crippen LogP contribution in [0.2, 0.25) is 0 Å². The summed E-state index contributed by atoms with van der Waals surface area (Å²) in [6.45, 7) is 4.58. The summed E-state index contributed by atoms with van der Waals surface area (Å²) in [7, 11) is 0. The van der Waals surface area contributed by atoms with Gasteiger partial charge in [0.2, 0.25) is 0 Å². The Balaban J connectivity index is 1.99. The molecule has 1 aliphatic heterocycles. The van der Waals surface area contributed by atoms with Gasteiger partial charge in [-0.1, -0.05) is 12.8 Å². The molecule has 2 fully saturated rings.